The van der Waals surface area contributed by atoms with Crippen LogP contribution in [0.15, 0.2) is 42.5 Å². The highest BCUT2D eigenvalue weighted by molar-refractivity contribution is 7.19. The summed E-state index contributed by atoms with van der Waals surface area (Å²) in [7, 11) is 4.61. The van der Waals surface area contributed by atoms with Gasteiger partial charge in [0, 0.05) is 6.08 Å². The van der Waals surface area contributed by atoms with E-state index < -0.39 is 5.97 Å². The van der Waals surface area contributed by atoms with E-state index in [1.54, 1.807) is 18.2 Å². The lowest BCUT2D eigenvalue weighted by atomic mass is 10.2. The summed E-state index contributed by atoms with van der Waals surface area (Å²) in [5, 5.41) is 0.751. The molecule has 0 unspecified atom stereocenters. The summed E-state index contributed by atoms with van der Waals surface area (Å²) >= 11 is 1.52. The maximum Gasteiger partial charge on any atom is 0.331 e. The van der Waals surface area contributed by atoms with E-state index >= 15 is 0 Å². The monoisotopic (exact) mass is 385 g/mol. The van der Waals surface area contributed by atoms with Gasteiger partial charge in [-0.15, -0.1) is 11.3 Å². The number of fused-ring (bicyclic) bond motifs is 1. The molecule has 1 heterocycles. The number of methoxy groups -OCH3 is 3. The average Bonchev–Trinajstić information content (AvgIpc) is 3.12. The van der Waals surface area contributed by atoms with Gasteiger partial charge in [0.15, 0.2) is 11.5 Å². The summed E-state index contributed by atoms with van der Waals surface area (Å²) in [6, 6.07) is 11.3. The van der Waals surface area contributed by atoms with E-state index in [-0.39, 0.29) is 6.61 Å². The van der Waals surface area contributed by atoms with Crippen LogP contribution >= 0.6 is 11.3 Å². The maximum atomic E-state index is 12.0. The number of rotatable bonds is 7. The Hall–Kier alpha value is -3.06. The molecule has 3 rings (SSSR count). The second-order valence-electron chi connectivity index (χ2n) is 5.49. The molecule has 0 saturated heterocycles. The molecule has 2 aromatic carbocycles. The lowest BCUT2D eigenvalue weighted by Crippen LogP contribution is -2.02. The third-order valence-electron chi connectivity index (χ3n) is 3.78. The van der Waals surface area contributed by atoms with Gasteiger partial charge in [0.05, 0.1) is 31.5 Å². The lowest BCUT2D eigenvalue weighted by Gasteiger charge is -2.14. The fourth-order valence-electron chi connectivity index (χ4n) is 2.52. The number of carbonyl (C=O) groups excluding carboxylic acids is 1. The van der Waals surface area contributed by atoms with Crippen molar-refractivity contribution in [2.24, 2.45) is 0 Å². The first kappa shape index (κ1) is 18.7. The fraction of sp³-hybridized carbons (Fsp3) is 0.200. The summed E-state index contributed by atoms with van der Waals surface area (Å²) < 4.78 is 22.2. The normalized spacial score (nSPS) is 10.9. The highest BCUT2D eigenvalue weighted by Gasteiger charge is 2.13. The van der Waals surface area contributed by atoms with Crippen LogP contribution in [0.4, 0.5) is 0 Å². The first-order chi connectivity index (χ1) is 13.1. The second-order valence-corrected chi connectivity index (χ2v) is 6.56. The van der Waals surface area contributed by atoms with Crippen LogP contribution in [0.5, 0.6) is 17.2 Å². The van der Waals surface area contributed by atoms with Gasteiger partial charge in [-0.05, 0) is 35.9 Å². The van der Waals surface area contributed by atoms with E-state index in [0.29, 0.717) is 17.2 Å². The average molecular weight is 385 g/mol. The summed E-state index contributed by atoms with van der Waals surface area (Å²) in [5.74, 6) is 1.05. The molecule has 0 radical (unpaired) electrons. The Kier molecular flexibility index (Phi) is 5.93. The highest BCUT2D eigenvalue weighted by atomic mass is 32.1. The number of para-hydroxylation sites is 1. The zero-order chi connectivity index (χ0) is 19.2. The Bertz CT molecular complexity index is 921. The standard InChI is InChI=1S/C20H19NO5S/c1-23-15-10-13(11-16(24-2)20(15)25-3)12-26-19(22)9-8-18-21-14-6-4-5-7-17(14)27-18/h4-11H,12H2,1-3H3/b9-8+. The van der Waals surface area contributed by atoms with Crippen LogP contribution in [0.25, 0.3) is 16.3 Å². The SMILES string of the molecule is COc1cc(COC(=O)/C=C/c2nc3ccccc3s2)cc(OC)c1OC. The van der Waals surface area contributed by atoms with Crippen molar-refractivity contribution >= 4 is 33.6 Å². The number of ether oxygens (including phenoxy) is 4. The van der Waals surface area contributed by atoms with E-state index in [9.17, 15) is 4.79 Å². The third-order valence-corrected chi connectivity index (χ3v) is 4.78. The van der Waals surface area contributed by atoms with Crippen LogP contribution in [0.2, 0.25) is 0 Å². The van der Waals surface area contributed by atoms with Crippen molar-refractivity contribution in [1.29, 1.82) is 0 Å². The Balaban J connectivity index is 1.66. The van der Waals surface area contributed by atoms with Crippen molar-refractivity contribution in [2.45, 2.75) is 6.61 Å². The lowest BCUT2D eigenvalue weighted by molar-refractivity contribution is -0.138. The molecule has 0 aliphatic carbocycles. The number of aromatic nitrogens is 1. The van der Waals surface area contributed by atoms with Crippen LogP contribution in [-0.2, 0) is 16.1 Å². The zero-order valence-electron chi connectivity index (χ0n) is 15.2. The van der Waals surface area contributed by atoms with E-state index in [1.807, 2.05) is 24.3 Å². The predicted octanol–water partition coefficient (Wildman–Crippen LogP) is 4.08. The minimum Gasteiger partial charge on any atom is -0.493 e. The number of hydrogen-bond acceptors (Lipinski definition) is 7. The largest absolute Gasteiger partial charge is 0.493 e. The number of nitrogens with zero attached hydrogens (tertiary/aromatic N) is 1. The highest BCUT2D eigenvalue weighted by Crippen LogP contribution is 2.38. The van der Waals surface area contributed by atoms with Crippen molar-refractivity contribution in [3.63, 3.8) is 0 Å². The van der Waals surface area contributed by atoms with Crippen LogP contribution in [-0.4, -0.2) is 32.3 Å². The molecule has 1 aromatic heterocycles. The van der Waals surface area contributed by atoms with Gasteiger partial charge in [0.2, 0.25) is 5.75 Å². The fourth-order valence-corrected chi connectivity index (χ4v) is 3.39. The van der Waals surface area contributed by atoms with Gasteiger partial charge in [-0.25, -0.2) is 9.78 Å². The molecule has 0 fully saturated rings. The Morgan fingerprint density at radius 1 is 1.07 bits per heavy atom. The summed E-state index contributed by atoms with van der Waals surface area (Å²) in [5.41, 5.74) is 1.64. The Morgan fingerprint density at radius 3 is 2.41 bits per heavy atom. The zero-order valence-corrected chi connectivity index (χ0v) is 16.0. The van der Waals surface area contributed by atoms with Crippen LogP contribution in [0.1, 0.15) is 10.6 Å². The molecule has 0 aliphatic rings. The Labute approximate surface area is 161 Å². The molecular formula is C20H19NO5S. The van der Waals surface area contributed by atoms with Gasteiger partial charge < -0.3 is 18.9 Å². The molecule has 0 amide bonds. The minimum atomic E-state index is -0.456. The number of hydrogen-bond donors (Lipinski definition) is 0. The molecule has 7 heteroatoms. The Morgan fingerprint density at radius 2 is 1.78 bits per heavy atom. The van der Waals surface area contributed by atoms with Crippen LogP contribution in [0.3, 0.4) is 0 Å². The molecule has 0 saturated carbocycles. The summed E-state index contributed by atoms with van der Waals surface area (Å²) in [4.78, 5) is 16.5. The molecule has 0 N–H and O–H groups in total. The van der Waals surface area contributed by atoms with E-state index in [1.165, 1.54) is 38.7 Å². The van der Waals surface area contributed by atoms with Gasteiger partial charge >= 0.3 is 5.97 Å². The number of benzene rings is 2. The first-order valence-electron chi connectivity index (χ1n) is 8.14. The third kappa shape index (κ3) is 4.38. The molecule has 0 atom stereocenters. The van der Waals surface area contributed by atoms with Crippen molar-refractivity contribution < 1.29 is 23.7 Å². The van der Waals surface area contributed by atoms with Crippen molar-refractivity contribution in [1.82, 2.24) is 4.98 Å². The second kappa shape index (κ2) is 8.55. The number of thiazole rings is 1. The number of esters is 1. The van der Waals surface area contributed by atoms with Crippen LogP contribution < -0.4 is 14.2 Å². The van der Waals surface area contributed by atoms with Gasteiger partial charge in [-0.2, -0.15) is 0 Å². The van der Waals surface area contributed by atoms with Gasteiger partial charge in [-0.1, -0.05) is 12.1 Å². The smallest absolute Gasteiger partial charge is 0.331 e. The van der Waals surface area contributed by atoms with Gasteiger partial charge in [-0.3, -0.25) is 0 Å². The van der Waals surface area contributed by atoms with Crippen molar-refractivity contribution in [3.05, 3.63) is 53.0 Å². The predicted molar refractivity (Wildman–Crippen MR) is 105 cm³/mol. The van der Waals surface area contributed by atoms with Gasteiger partial charge in [0.25, 0.3) is 0 Å². The van der Waals surface area contributed by atoms with E-state index in [2.05, 4.69) is 4.98 Å². The topological polar surface area (TPSA) is 66.9 Å². The quantitative estimate of drug-likeness (QED) is 0.451. The molecule has 27 heavy (non-hydrogen) atoms. The summed E-state index contributed by atoms with van der Waals surface area (Å²) in [6.07, 6.45) is 3.03. The molecule has 0 aliphatic heterocycles. The number of carbonyl (C=O) groups is 1. The van der Waals surface area contributed by atoms with Crippen LogP contribution in [0, 0.1) is 0 Å². The van der Waals surface area contributed by atoms with Crippen molar-refractivity contribution in [3.8, 4) is 17.2 Å². The van der Waals surface area contributed by atoms with E-state index in [4.69, 9.17) is 18.9 Å². The van der Waals surface area contributed by atoms with Gasteiger partial charge in [0.1, 0.15) is 11.6 Å². The molecule has 0 spiro atoms. The molecule has 0 bridgehead atoms. The molecule has 3 aromatic rings. The van der Waals surface area contributed by atoms with E-state index in [0.717, 1.165) is 20.8 Å². The maximum absolute atomic E-state index is 12.0. The first-order valence-corrected chi connectivity index (χ1v) is 8.95. The molecule has 140 valence electrons. The minimum absolute atomic E-state index is 0.0831. The summed E-state index contributed by atoms with van der Waals surface area (Å²) in [6.45, 7) is 0.0831. The molecular weight excluding hydrogens is 366 g/mol. The van der Waals surface area contributed by atoms with Crippen molar-refractivity contribution in [2.75, 3.05) is 21.3 Å². The molecule has 6 nitrogen and oxygen atoms in total.